The standard InChI is InChI=1S/C57H103NO5/c1-4-7-10-13-16-19-22-25-27-28-30-32-35-38-41-44-47-50-57(62)63-53(48-45-42-39-36-33-31-29-26-23-20-17-14-11-8-5-2)51-56(61)58-54(52-59)55(60)49-46-43-40-37-34-24-21-18-15-12-9-6-3/h7,10,16,19,25,27,30,32,38,41,53-55,59-60H,4-6,8-9,11-15,17-18,20-24,26,28-29,31,33-37,39-40,42-52H2,1-3H3,(H,58,61)/b10-7-,19-16-,27-25-,32-30-,41-38-. The largest absolute Gasteiger partial charge is 0.462 e. The third kappa shape index (κ3) is 45.9. The molecule has 0 spiro atoms. The molecule has 63 heavy (non-hydrogen) atoms. The number of aliphatic hydroxyl groups excluding tert-OH is 2. The van der Waals surface area contributed by atoms with Crippen LogP contribution in [-0.2, 0) is 14.3 Å². The Kier molecular flexibility index (Phi) is 48.6. The number of aliphatic hydroxyl groups is 2. The minimum absolute atomic E-state index is 0.0565. The highest BCUT2D eigenvalue weighted by atomic mass is 16.5. The topological polar surface area (TPSA) is 95.9 Å². The number of ether oxygens (including phenoxy) is 1. The fraction of sp³-hybridized carbons (Fsp3) is 0.789. The van der Waals surface area contributed by atoms with Crippen LogP contribution in [0.4, 0.5) is 0 Å². The minimum Gasteiger partial charge on any atom is -0.462 e. The summed E-state index contributed by atoms with van der Waals surface area (Å²) in [6.07, 6.45) is 62.8. The number of allylic oxidation sites excluding steroid dienone is 10. The van der Waals surface area contributed by atoms with Gasteiger partial charge in [0.05, 0.1) is 25.2 Å². The van der Waals surface area contributed by atoms with Crippen LogP contribution in [0.3, 0.4) is 0 Å². The molecule has 0 saturated carbocycles. The Morgan fingerprint density at radius 1 is 0.476 bits per heavy atom. The highest BCUT2D eigenvalue weighted by molar-refractivity contribution is 5.77. The van der Waals surface area contributed by atoms with Crippen molar-refractivity contribution >= 4 is 11.9 Å². The molecule has 0 aromatic heterocycles. The maximum Gasteiger partial charge on any atom is 0.306 e. The molecule has 3 atom stereocenters. The summed E-state index contributed by atoms with van der Waals surface area (Å²) in [5.74, 6) is -0.535. The van der Waals surface area contributed by atoms with Gasteiger partial charge in [0.1, 0.15) is 6.10 Å². The van der Waals surface area contributed by atoms with E-state index in [-0.39, 0.29) is 24.9 Å². The van der Waals surface area contributed by atoms with Crippen LogP contribution in [0, 0.1) is 0 Å². The summed E-state index contributed by atoms with van der Waals surface area (Å²) in [7, 11) is 0. The predicted octanol–water partition coefficient (Wildman–Crippen LogP) is 16.4. The Labute approximate surface area is 390 Å². The first-order chi connectivity index (χ1) is 31.0. The molecule has 1 amide bonds. The van der Waals surface area contributed by atoms with E-state index in [1.54, 1.807) is 0 Å². The molecule has 6 heteroatoms. The van der Waals surface area contributed by atoms with Crippen molar-refractivity contribution in [1.29, 1.82) is 0 Å². The second-order valence-electron chi connectivity index (χ2n) is 18.3. The number of rotatable bonds is 48. The number of nitrogens with one attached hydrogen (secondary N) is 1. The number of unbranched alkanes of at least 4 members (excludes halogenated alkanes) is 26. The number of carbonyl (C=O) groups is 2. The summed E-state index contributed by atoms with van der Waals surface area (Å²) in [6, 6.07) is -0.712. The molecule has 0 aliphatic rings. The molecule has 0 fully saturated rings. The summed E-state index contributed by atoms with van der Waals surface area (Å²) < 4.78 is 5.92. The second kappa shape index (κ2) is 50.6. The number of hydrogen-bond acceptors (Lipinski definition) is 5. The molecule has 0 saturated heterocycles. The van der Waals surface area contributed by atoms with E-state index in [0.29, 0.717) is 25.7 Å². The van der Waals surface area contributed by atoms with Gasteiger partial charge in [-0.25, -0.2) is 0 Å². The SMILES string of the molecule is CC/C=C\C/C=C\C/C=C\C/C=C\C/C=C\CCCC(=O)OC(CCCCCCCCCCCCCCCCC)CC(=O)NC(CO)C(O)CCCCCCCCCCCCCC. The van der Waals surface area contributed by atoms with Crippen molar-refractivity contribution in [1.82, 2.24) is 5.32 Å². The lowest BCUT2D eigenvalue weighted by Gasteiger charge is -2.24. The zero-order valence-corrected chi connectivity index (χ0v) is 41.7. The molecule has 0 radical (unpaired) electrons. The van der Waals surface area contributed by atoms with E-state index in [9.17, 15) is 19.8 Å². The van der Waals surface area contributed by atoms with Crippen molar-refractivity contribution < 1.29 is 24.5 Å². The van der Waals surface area contributed by atoms with Gasteiger partial charge in [0, 0.05) is 6.42 Å². The van der Waals surface area contributed by atoms with Gasteiger partial charge in [-0.3, -0.25) is 9.59 Å². The molecule has 0 heterocycles. The maximum absolute atomic E-state index is 13.2. The van der Waals surface area contributed by atoms with Gasteiger partial charge in [0.15, 0.2) is 0 Å². The monoisotopic (exact) mass is 882 g/mol. The lowest BCUT2D eigenvalue weighted by atomic mass is 10.0. The Bertz CT molecular complexity index is 1130. The van der Waals surface area contributed by atoms with E-state index in [1.165, 1.54) is 135 Å². The molecule has 3 N–H and O–H groups in total. The number of esters is 1. The molecule has 0 rings (SSSR count). The van der Waals surface area contributed by atoms with Crippen LogP contribution in [0.25, 0.3) is 0 Å². The molecule has 0 bridgehead atoms. The fourth-order valence-electron chi connectivity index (χ4n) is 8.06. The van der Waals surface area contributed by atoms with Crippen LogP contribution in [-0.4, -0.2) is 46.9 Å². The fourth-order valence-corrected chi connectivity index (χ4v) is 8.06. The number of carbonyl (C=O) groups excluding carboxylic acids is 2. The Morgan fingerprint density at radius 2 is 0.841 bits per heavy atom. The van der Waals surface area contributed by atoms with Gasteiger partial charge >= 0.3 is 5.97 Å². The molecule has 366 valence electrons. The van der Waals surface area contributed by atoms with Crippen LogP contribution >= 0.6 is 0 Å². The van der Waals surface area contributed by atoms with Gasteiger partial charge in [-0.1, -0.05) is 248 Å². The summed E-state index contributed by atoms with van der Waals surface area (Å²) in [5.41, 5.74) is 0. The van der Waals surface area contributed by atoms with Gasteiger partial charge in [0.25, 0.3) is 0 Å². The molecule has 0 aliphatic heterocycles. The first-order valence-corrected chi connectivity index (χ1v) is 27.0. The quantitative estimate of drug-likeness (QED) is 0.0321. The maximum atomic E-state index is 13.2. The summed E-state index contributed by atoms with van der Waals surface area (Å²) in [4.78, 5) is 26.2. The molecular formula is C57H103NO5. The zero-order chi connectivity index (χ0) is 45.9. The average molecular weight is 882 g/mol. The van der Waals surface area contributed by atoms with Crippen molar-refractivity contribution in [2.24, 2.45) is 0 Å². The molecule has 0 aromatic carbocycles. The van der Waals surface area contributed by atoms with Crippen LogP contribution in [0.15, 0.2) is 60.8 Å². The average Bonchev–Trinajstić information content (AvgIpc) is 3.28. The Balaban J connectivity index is 4.66. The van der Waals surface area contributed by atoms with Crippen molar-refractivity contribution in [2.45, 2.75) is 283 Å². The Hall–Kier alpha value is -2.44. The van der Waals surface area contributed by atoms with E-state index >= 15 is 0 Å². The normalized spacial score (nSPS) is 13.7. The van der Waals surface area contributed by atoms with Crippen LogP contribution < -0.4 is 5.32 Å². The lowest BCUT2D eigenvalue weighted by molar-refractivity contribution is -0.151. The third-order valence-corrected chi connectivity index (χ3v) is 12.1. The van der Waals surface area contributed by atoms with Gasteiger partial charge in [-0.15, -0.1) is 0 Å². The first-order valence-electron chi connectivity index (χ1n) is 27.0. The van der Waals surface area contributed by atoms with E-state index in [1.807, 2.05) is 0 Å². The molecule has 6 nitrogen and oxygen atoms in total. The van der Waals surface area contributed by atoms with Crippen molar-refractivity contribution in [3.63, 3.8) is 0 Å². The van der Waals surface area contributed by atoms with Crippen molar-refractivity contribution in [2.75, 3.05) is 6.61 Å². The Morgan fingerprint density at radius 3 is 1.24 bits per heavy atom. The highest BCUT2D eigenvalue weighted by Crippen LogP contribution is 2.18. The van der Waals surface area contributed by atoms with Gasteiger partial charge in [0.2, 0.25) is 5.91 Å². The predicted molar refractivity (Wildman–Crippen MR) is 273 cm³/mol. The zero-order valence-electron chi connectivity index (χ0n) is 41.7. The van der Waals surface area contributed by atoms with E-state index < -0.39 is 18.2 Å². The summed E-state index contributed by atoms with van der Waals surface area (Å²) in [5, 5.41) is 23.8. The smallest absolute Gasteiger partial charge is 0.306 e. The third-order valence-electron chi connectivity index (χ3n) is 12.1. The van der Waals surface area contributed by atoms with Gasteiger partial charge < -0.3 is 20.3 Å². The number of amides is 1. The summed E-state index contributed by atoms with van der Waals surface area (Å²) >= 11 is 0. The molecular weight excluding hydrogens is 779 g/mol. The number of hydrogen-bond donors (Lipinski definition) is 3. The molecule has 0 aromatic rings. The van der Waals surface area contributed by atoms with E-state index in [0.717, 1.165) is 77.0 Å². The molecule has 3 unspecified atom stereocenters. The first kappa shape index (κ1) is 60.6. The molecule has 0 aliphatic carbocycles. The van der Waals surface area contributed by atoms with Gasteiger partial charge in [-0.05, 0) is 64.2 Å². The van der Waals surface area contributed by atoms with Crippen LogP contribution in [0.1, 0.15) is 265 Å². The van der Waals surface area contributed by atoms with Crippen LogP contribution in [0.2, 0.25) is 0 Å². The van der Waals surface area contributed by atoms with Crippen molar-refractivity contribution in [3.05, 3.63) is 60.8 Å². The lowest BCUT2D eigenvalue weighted by Crippen LogP contribution is -2.46. The highest BCUT2D eigenvalue weighted by Gasteiger charge is 2.24. The van der Waals surface area contributed by atoms with E-state index in [2.05, 4.69) is 86.8 Å². The second-order valence-corrected chi connectivity index (χ2v) is 18.3. The summed E-state index contributed by atoms with van der Waals surface area (Å²) in [6.45, 7) is 6.37. The minimum atomic E-state index is -0.797. The van der Waals surface area contributed by atoms with E-state index in [4.69, 9.17) is 4.74 Å². The van der Waals surface area contributed by atoms with Crippen molar-refractivity contribution in [3.8, 4) is 0 Å². The van der Waals surface area contributed by atoms with Crippen LogP contribution in [0.5, 0.6) is 0 Å². The van der Waals surface area contributed by atoms with Gasteiger partial charge in [-0.2, -0.15) is 0 Å².